The molecule has 3 nitrogen and oxygen atoms in total. The molecule has 78 valence electrons. The monoisotopic (exact) mass is 212 g/mol. The molecular weight excluding hydrogens is 196 g/mol. The second-order valence-corrected chi connectivity index (χ2v) is 4.19. The lowest BCUT2D eigenvalue weighted by Crippen LogP contribution is -2.26. The number of rotatable bonds is 4. The number of nitrogens with one attached hydrogen (secondary N) is 1. The maximum Gasteiger partial charge on any atom is 0.134 e. The van der Waals surface area contributed by atoms with Gasteiger partial charge in [0, 0.05) is 0 Å². The maximum absolute atomic E-state index is 5.49. The van der Waals surface area contributed by atoms with Crippen LogP contribution < -0.4 is 16.0 Å². The van der Waals surface area contributed by atoms with E-state index in [1.807, 2.05) is 25.3 Å². The average molecular weight is 212 g/mol. The van der Waals surface area contributed by atoms with Crippen LogP contribution in [0.3, 0.4) is 0 Å². The lowest BCUT2D eigenvalue weighted by atomic mass is 10.1. The summed E-state index contributed by atoms with van der Waals surface area (Å²) in [5.74, 6) is 6.38. The van der Waals surface area contributed by atoms with E-state index in [9.17, 15) is 0 Å². The lowest BCUT2D eigenvalue weighted by molar-refractivity contribution is 0.408. The van der Waals surface area contributed by atoms with Crippen LogP contribution in [0.4, 0.5) is 0 Å². The van der Waals surface area contributed by atoms with Crippen molar-refractivity contribution in [1.82, 2.24) is 5.43 Å². The molecule has 0 bridgehead atoms. The van der Waals surface area contributed by atoms with Gasteiger partial charge in [-0.15, -0.1) is 11.3 Å². The Morgan fingerprint density at radius 3 is 2.86 bits per heavy atom. The van der Waals surface area contributed by atoms with Crippen molar-refractivity contribution in [1.29, 1.82) is 0 Å². The number of ether oxygens (including phenoxy) is 1. The summed E-state index contributed by atoms with van der Waals surface area (Å²) in [5.41, 5.74) is 3.99. The van der Waals surface area contributed by atoms with Crippen LogP contribution in [0, 0.1) is 0 Å². The van der Waals surface area contributed by atoms with Crippen LogP contribution in [-0.4, -0.2) is 7.11 Å². The molecule has 1 rings (SSSR count). The van der Waals surface area contributed by atoms with Crippen molar-refractivity contribution in [3.63, 3.8) is 0 Å². The molecule has 1 aromatic rings. The Morgan fingerprint density at radius 1 is 1.64 bits per heavy atom. The summed E-state index contributed by atoms with van der Waals surface area (Å²) in [5, 5.41) is 2.00. The largest absolute Gasteiger partial charge is 0.496 e. The van der Waals surface area contributed by atoms with Crippen LogP contribution in [0.25, 0.3) is 0 Å². The SMILES string of the molecule is COc1ccsc1C(C=C(C)C)NN. The summed E-state index contributed by atoms with van der Waals surface area (Å²) in [6.07, 6.45) is 2.08. The third kappa shape index (κ3) is 2.57. The van der Waals surface area contributed by atoms with Crippen LogP contribution in [-0.2, 0) is 0 Å². The second kappa shape index (κ2) is 5.14. The summed E-state index contributed by atoms with van der Waals surface area (Å²) in [6, 6.07) is 1.98. The summed E-state index contributed by atoms with van der Waals surface area (Å²) in [6.45, 7) is 4.09. The molecule has 0 saturated heterocycles. The quantitative estimate of drug-likeness (QED) is 0.457. The highest BCUT2D eigenvalue weighted by Gasteiger charge is 2.13. The molecule has 1 heterocycles. The van der Waals surface area contributed by atoms with E-state index in [1.54, 1.807) is 18.4 Å². The van der Waals surface area contributed by atoms with Gasteiger partial charge in [0.15, 0.2) is 0 Å². The highest BCUT2D eigenvalue weighted by molar-refractivity contribution is 7.10. The average Bonchev–Trinajstić information content (AvgIpc) is 2.61. The summed E-state index contributed by atoms with van der Waals surface area (Å²) in [4.78, 5) is 1.11. The smallest absolute Gasteiger partial charge is 0.134 e. The Morgan fingerprint density at radius 2 is 2.36 bits per heavy atom. The van der Waals surface area contributed by atoms with Gasteiger partial charge in [-0.05, 0) is 25.3 Å². The first kappa shape index (κ1) is 11.2. The minimum atomic E-state index is 0.0370. The Kier molecular flexibility index (Phi) is 4.13. The number of hydrogen-bond donors (Lipinski definition) is 2. The van der Waals surface area contributed by atoms with Gasteiger partial charge in [0.1, 0.15) is 5.75 Å². The molecule has 0 aliphatic carbocycles. The van der Waals surface area contributed by atoms with Crippen LogP contribution in [0.15, 0.2) is 23.1 Å². The van der Waals surface area contributed by atoms with Crippen LogP contribution in [0.2, 0.25) is 0 Å². The van der Waals surface area contributed by atoms with Crippen molar-refractivity contribution < 1.29 is 4.74 Å². The van der Waals surface area contributed by atoms with Gasteiger partial charge in [0.05, 0.1) is 18.0 Å². The third-order valence-corrected chi connectivity index (χ3v) is 2.82. The number of hydrogen-bond acceptors (Lipinski definition) is 4. The number of methoxy groups -OCH3 is 1. The minimum Gasteiger partial charge on any atom is -0.496 e. The highest BCUT2D eigenvalue weighted by Crippen LogP contribution is 2.31. The van der Waals surface area contributed by atoms with Gasteiger partial charge in [-0.25, -0.2) is 5.43 Å². The van der Waals surface area contributed by atoms with E-state index in [0.717, 1.165) is 10.6 Å². The second-order valence-electron chi connectivity index (χ2n) is 3.24. The fourth-order valence-electron chi connectivity index (χ4n) is 1.24. The van der Waals surface area contributed by atoms with E-state index in [2.05, 4.69) is 11.5 Å². The van der Waals surface area contributed by atoms with Crippen molar-refractivity contribution >= 4 is 11.3 Å². The summed E-state index contributed by atoms with van der Waals surface area (Å²) in [7, 11) is 1.67. The van der Waals surface area contributed by atoms with E-state index in [0.29, 0.717) is 0 Å². The summed E-state index contributed by atoms with van der Waals surface area (Å²) >= 11 is 1.64. The Bertz CT molecular complexity index is 316. The van der Waals surface area contributed by atoms with E-state index < -0.39 is 0 Å². The highest BCUT2D eigenvalue weighted by atomic mass is 32.1. The molecule has 0 aromatic carbocycles. The number of hydrazine groups is 1. The predicted molar refractivity (Wildman–Crippen MR) is 60.4 cm³/mol. The normalized spacial score (nSPS) is 12.3. The molecule has 0 amide bonds. The molecule has 0 fully saturated rings. The standard InChI is InChI=1S/C10H16N2OS/c1-7(2)6-8(12-11)10-9(13-3)4-5-14-10/h4-6,8,12H,11H2,1-3H3. The molecule has 1 unspecified atom stereocenters. The number of allylic oxidation sites excluding steroid dienone is 1. The molecule has 0 aliphatic heterocycles. The molecule has 3 N–H and O–H groups in total. The van der Waals surface area contributed by atoms with Crippen molar-refractivity contribution in [3.8, 4) is 5.75 Å². The minimum absolute atomic E-state index is 0.0370. The van der Waals surface area contributed by atoms with Crippen LogP contribution in [0.1, 0.15) is 24.8 Å². The first-order chi connectivity index (χ1) is 6.69. The molecule has 0 radical (unpaired) electrons. The van der Waals surface area contributed by atoms with Gasteiger partial charge in [-0.3, -0.25) is 5.84 Å². The maximum atomic E-state index is 5.49. The predicted octanol–water partition coefficient (Wildman–Crippen LogP) is 2.23. The molecule has 1 atom stereocenters. The zero-order chi connectivity index (χ0) is 10.6. The number of thiophene rings is 1. The van der Waals surface area contributed by atoms with Crippen molar-refractivity contribution in [2.24, 2.45) is 5.84 Å². The number of nitrogens with two attached hydrogens (primary N) is 1. The van der Waals surface area contributed by atoms with Gasteiger partial charge < -0.3 is 4.74 Å². The van der Waals surface area contributed by atoms with E-state index >= 15 is 0 Å². The van der Waals surface area contributed by atoms with Crippen LogP contribution in [0.5, 0.6) is 5.75 Å². The van der Waals surface area contributed by atoms with Gasteiger partial charge in [0.25, 0.3) is 0 Å². The van der Waals surface area contributed by atoms with Gasteiger partial charge in [0.2, 0.25) is 0 Å². The molecule has 4 heteroatoms. The zero-order valence-corrected chi connectivity index (χ0v) is 9.52. The van der Waals surface area contributed by atoms with E-state index in [4.69, 9.17) is 10.6 Å². The fraction of sp³-hybridized carbons (Fsp3) is 0.400. The first-order valence-corrected chi connectivity index (χ1v) is 5.29. The zero-order valence-electron chi connectivity index (χ0n) is 8.70. The topological polar surface area (TPSA) is 47.3 Å². The molecule has 14 heavy (non-hydrogen) atoms. The Hall–Kier alpha value is -0.840. The fourth-order valence-corrected chi connectivity index (χ4v) is 2.13. The Labute approximate surface area is 88.5 Å². The Balaban J connectivity index is 2.94. The molecule has 0 spiro atoms. The molecule has 0 saturated carbocycles. The van der Waals surface area contributed by atoms with Crippen molar-refractivity contribution in [2.75, 3.05) is 7.11 Å². The molecule has 1 aromatic heterocycles. The molecule has 0 aliphatic rings. The van der Waals surface area contributed by atoms with Crippen molar-refractivity contribution in [2.45, 2.75) is 19.9 Å². The lowest BCUT2D eigenvalue weighted by Gasteiger charge is -2.12. The van der Waals surface area contributed by atoms with Gasteiger partial charge in [-0.2, -0.15) is 0 Å². The first-order valence-electron chi connectivity index (χ1n) is 4.41. The summed E-state index contributed by atoms with van der Waals surface area (Å²) < 4.78 is 5.24. The van der Waals surface area contributed by atoms with Gasteiger partial charge >= 0.3 is 0 Å². The molecular formula is C10H16N2OS. The van der Waals surface area contributed by atoms with Crippen molar-refractivity contribution in [3.05, 3.63) is 28.0 Å². The van der Waals surface area contributed by atoms with Gasteiger partial charge in [-0.1, -0.05) is 11.6 Å². The third-order valence-electron chi connectivity index (χ3n) is 1.84. The van der Waals surface area contributed by atoms with E-state index in [-0.39, 0.29) is 6.04 Å². The van der Waals surface area contributed by atoms with E-state index in [1.165, 1.54) is 5.57 Å². The van der Waals surface area contributed by atoms with Crippen LogP contribution >= 0.6 is 11.3 Å².